The first-order valence-corrected chi connectivity index (χ1v) is 9.83. The lowest BCUT2D eigenvalue weighted by atomic mass is 9.82. The number of hydroxylamine groups is 1. The fraction of sp³-hybridized carbons (Fsp3) is 0.304. The van der Waals surface area contributed by atoms with Crippen molar-refractivity contribution in [2.45, 2.75) is 13.0 Å². The molecule has 1 fully saturated rings. The van der Waals surface area contributed by atoms with Gasteiger partial charge in [0.2, 0.25) is 11.7 Å². The average Bonchev–Trinajstić information content (AvgIpc) is 2.83. The molecule has 9 nitrogen and oxygen atoms in total. The molecule has 32 heavy (non-hydrogen) atoms. The molecule has 3 rings (SSSR count). The molecule has 2 aromatic rings. The molecule has 0 saturated carbocycles. The first-order valence-electron chi connectivity index (χ1n) is 9.83. The van der Waals surface area contributed by atoms with Crippen LogP contribution in [0.15, 0.2) is 36.4 Å². The van der Waals surface area contributed by atoms with Crippen molar-refractivity contribution in [1.82, 2.24) is 5.48 Å². The Balaban J connectivity index is 2.04. The molecular formula is C23H26N2O7. The van der Waals surface area contributed by atoms with Crippen molar-refractivity contribution < 1.29 is 33.7 Å². The Labute approximate surface area is 186 Å². The number of methoxy groups -OCH3 is 4. The van der Waals surface area contributed by atoms with E-state index in [4.69, 9.17) is 24.2 Å². The largest absolute Gasteiger partial charge is 0.496 e. The molecule has 1 aliphatic rings. The minimum Gasteiger partial charge on any atom is -0.496 e. The normalized spacial score (nSPS) is 17.7. The number of carbonyl (C=O) groups excluding carboxylic acids is 2. The predicted molar refractivity (Wildman–Crippen MR) is 117 cm³/mol. The maximum Gasteiger partial charge on any atom is 0.267 e. The smallest absolute Gasteiger partial charge is 0.267 e. The van der Waals surface area contributed by atoms with Crippen molar-refractivity contribution in [1.29, 1.82) is 0 Å². The number of amides is 2. The van der Waals surface area contributed by atoms with Crippen molar-refractivity contribution in [3.63, 3.8) is 0 Å². The Morgan fingerprint density at radius 2 is 1.62 bits per heavy atom. The molecule has 0 aliphatic carbocycles. The molecule has 1 aliphatic heterocycles. The van der Waals surface area contributed by atoms with Crippen LogP contribution in [0.1, 0.15) is 24.1 Å². The van der Waals surface area contributed by atoms with Crippen LogP contribution in [0.2, 0.25) is 0 Å². The zero-order chi connectivity index (χ0) is 23.4. The number of β-lactam (4-membered cyclic amide) rings is 1. The molecule has 2 amide bonds. The first-order chi connectivity index (χ1) is 15.4. The molecule has 2 aromatic carbocycles. The van der Waals surface area contributed by atoms with Crippen LogP contribution < -0.4 is 29.3 Å². The van der Waals surface area contributed by atoms with Gasteiger partial charge in [-0.1, -0.05) is 13.0 Å². The summed E-state index contributed by atoms with van der Waals surface area (Å²) in [4.78, 5) is 25.9. The van der Waals surface area contributed by atoms with E-state index < -0.39 is 5.91 Å². The van der Waals surface area contributed by atoms with E-state index in [1.807, 2.05) is 19.1 Å². The Bertz CT molecular complexity index is 1030. The highest BCUT2D eigenvalue weighted by Crippen LogP contribution is 2.48. The zero-order valence-electron chi connectivity index (χ0n) is 18.5. The van der Waals surface area contributed by atoms with E-state index in [1.165, 1.54) is 40.6 Å². The van der Waals surface area contributed by atoms with Crippen molar-refractivity contribution in [2.24, 2.45) is 5.92 Å². The van der Waals surface area contributed by atoms with E-state index >= 15 is 0 Å². The number of rotatable bonds is 8. The van der Waals surface area contributed by atoms with E-state index in [0.717, 1.165) is 5.56 Å². The monoisotopic (exact) mass is 442 g/mol. The number of ether oxygens (including phenoxy) is 4. The van der Waals surface area contributed by atoms with Crippen molar-refractivity contribution in [2.75, 3.05) is 33.3 Å². The second-order valence-corrected chi connectivity index (χ2v) is 7.14. The third-order valence-corrected chi connectivity index (χ3v) is 5.43. The highest BCUT2D eigenvalue weighted by Gasteiger charge is 2.46. The van der Waals surface area contributed by atoms with Crippen LogP contribution in [-0.4, -0.2) is 45.5 Å². The molecular weight excluding hydrogens is 416 g/mol. The first kappa shape index (κ1) is 23.0. The number of nitrogens with zero attached hydrogens (tertiary/aromatic N) is 1. The maximum absolute atomic E-state index is 12.9. The lowest BCUT2D eigenvalue weighted by Gasteiger charge is -2.46. The molecule has 2 N–H and O–H groups in total. The van der Waals surface area contributed by atoms with Gasteiger partial charge in [-0.2, -0.15) is 0 Å². The maximum atomic E-state index is 12.9. The van der Waals surface area contributed by atoms with E-state index in [9.17, 15) is 9.59 Å². The summed E-state index contributed by atoms with van der Waals surface area (Å²) < 4.78 is 21.6. The second-order valence-electron chi connectivity index (χ2n) is 7.14. The summed E-state index contributed by atoms with van der Waals surface area (Å²) in [6.45, 7) is 1.86. The summed E-state index contributed by atoms with van der Waals surface area (Å²) in [5.41, 5.74) is 3.65. The number of nitrogens with one attached hydrogen (secondary N) is 1. The van der Waals surface area contributed by atoms with Crippen molar-refractivity contribution in [3.05, 3.63) is 47.5 Å². The van der Waals surface area contributed by atoms with Gasteiger partial charge < -0.3 is 23.8 Å². The van der Waals surface area contributed by atoms with Crippen LogP contribution in [-0.2, 0) is 9.59 Å². The fourth-order valence-electron chi connectivity index (χ4n) is 3.83. The highest BCUT2D eigenvalue weighted by molar-refractivity contribution is 6.03. The Hall–Kier alpha value is -3.72. The summed E-state index contributed by atoms with van der Waals surface area (Å²) >= 11 is 0. The van der Waals surface area contributed by atoms with Gasteiger partial charge >= 0.3 is 0 Å². The lowest BCUT2D eigenvalue weighted by Crippen LogP contribution is -2.54. The van der Waals surface area contributed by atoms with Crippen LogP contribution in [0.5, 0.6) is 23.0 Å². The topological polar surface area (TPSA) is 107 Å². The third-order valence-electron chi connectivity index (χ3n) is 5.43. The summed E-state index contributed by atoms with van der Waals surface area (Å²) in [5.74, 6) is 0.909. The van der Waals surface area contributed by atoms with Crippen LogP contribution in [0.25, 0.3) is 6.08 Å². The third kappa shape index (κ3) is 4.06. The van der Waals surface area contributed by atoms with E-state index in [1.54, 1.807) is 28.6 Å². The lowest BCUT2D eigenvalue weighted by molar-refractivity contribution is -0.129. The van der Waals surface area contributed by atoms with E-state index in [0.29, 0.717) is 34.2 Å². The minimum atomic E-state index is -0.663. The number of anilines is 1. The van der Waals surface area contributed by atoms with Crippen LogP contribution in [0.4, 0.5) is 5.69 Å². The van der Waals surface area contributed by atoms with Crippen LogP contribution in [0, 0.1) is 5.92 Å². The molecule has 0 unspecified atom stereocenters. The minimum absolute atomic E-state index is 0.0446. The Morgan fingerprint density at radius 1 is 1.00 bits per heavy atom. The van der Waals surface area contributed by atoms with Gasteiger partial charge in [0.25, 0.3) is 5.91 Å². The SMILES string of the molecule is COc1ccc([C@H]2[C@@H](C)C(=O)N2c2cc(OC)c(OC)c(OC)c2)cc1/C=C/C(=O)NO. The van der Waals surface area contributed by atoms with Gasteiger partial charge in [-0.15, -0.1) is 0 Å². The summed E-state index contributed by atoms with van der Waals surface area (Å²) in [6, 6.07) is 8.70. The number of benzene rings is 2. The standard InChI is InChI=1S/C23H26N2O7/c1-13-21(15-6-8-17(29-2)14(10-15)7-9-20(26)24-28)25(23(13)27)16-11-18(30-3)22(32-5)19(12-16)31-4/h6-13,21,28H,1-5H3,(H,24,26)/b9-7+/t13-,21-/m1/s1. The molecule has 0 bridgehead atoms. The molecule has 170 valence electrons. The summed E-state index contributed by atoms with van der Waals surface area (Å²) in [7, 11) is 6.08. The van der Waals surface area contributed by atoms with Crippen LogP contribution >= 0.6 is 0 Å². The molecule has 9 heteroatoms. The molecule has 2 atom stereocenters. The van der Waals surface area contributed by atoms with Gasteiger partial charge in [-0.05, 0) is 23.8 Å². The Kier molecular flexibility index (Phi) is 6.89. The molecule has 0 spiro atoms. The highest BCUT2D eigenvalue weighted by atomic mass is 16.5. The van der Waals surface area contributed by atoms with E-state index in [-0.39, 0.29) is 17.9 Å². The molecule has 1 saturated heterocycles. The van der Waals surface area contributed by atoms with Gasteiger partial charge in [-0.3, -0.25) is 14.8 Å². The van der Waals surface area contributed by atoms with Crippen LogP contribution in [0.3, 0.4) is 0 Å². The van der Waals surface area contributed by atoms with Gasteiger partial charge in [0.1, 0.15) is 5.75 Å². The zero-order valence-corrected chi connectivity index (χ0v) is 18.5. The fourth-order valence-corrected chi connectivity index (χ4v) is 3.83. The predicted octanol–water partition coefficient (Wildman–Crippen LogP) is 2.96. The second kappa shape index (κ2) is 9.61. The number of carbonyl (C=O) groups is 2. The van der Waals surface area contributed by atoms with Gasteiger partial charge in [-0.25, -0.2) is 5.48 Å². The molecule has 0 aromatic heterocycles. The number of hydrogen-bond acceptors (Lipinski definition) is 7. The van der Waals surface area contributed by atoms with Gasteiger partial charge in [0.15, 0.2) is 11.5 Å². The molecule has 0 radical (unpaired) electrons. The van der Waals surface area contributed by atoms with Crippen molar-refractivity contribution in [3.8, 4) is 23.0 Å². The quantitative estimate of drug-likeness (QED) is 0.280. The van der Waals surface area contributed by atoms with Gasteiger partial charge in [0, 0.05) is 23.8 Å². The Morgan fingerprint density at radius 3 is 2.16 bits per heavy atom. The molecule has 1 heterocycles. The average molecular weight is 442 g/mol. The van der Waals surface area contributed by atoms with E-state index in [2.05, 4.69) is 0 Å². The summed E-state index contributed by atoms with van der Waals surface area (Å²) in [6.07, 6.45) is 2.72. The van der Waals surface area contributed by atoms with Gasteiger partial charge in [0.05, 0.1) is 46.1 Å². The number of hydrogen-bond donors (Lipinski definition) is 2. The summed E-state index contributed by atoms with van der Waals surface area (Å²) in [5, 5.41) is 8.72. The van der Waals surface area contributed by atoms with Crippen molar-refractivity contribution >= 4 is 23.6 Å².